The molecule has 0 aliphatic carbocycles. The Labute approximate surface area is 147 Å². The van der Waals surface area contributed by atoms with Gasteiger partial charge in [0.1, 0.15) is 11.9 Å². The zero-order valence-corrected chi connectivity index (χ0v) is 14.6. The summed E-state index contributed by atoms with van der Waals surface area (Å²) in [5.74, 6) is 0.509. The van der Waals surface area contributed by atoms with Crippen LogP contribution in [-0.4, -0.2) is 37.1 Å². The summed E-state index contributed by atoms with van der Waals surface area (Å²) in [4.78, 5) is 30.3. The molecule has 0 unspecified atom stereocenters. The number of carbonyl (C=O) groups excluding carboxylic acids is 2. The van der Waals surface area contributed by atoms with Gasteiger partial charge in [-0.1, -0.05) is 24.3 Å². The van der Waals surface area contributed by atoms with Gasteiger partial charge in [-0.2, -0.15) is 0 Å². The van der Waals surface area contributed by atoms with Gasteiger partial charge in [-0.15, -0.1) is 0 Å². The van der Waals surface area contributed by atoms with Crippen molar-refractivity contribution in [2.24, 2.45) is 0 Å². The molecule has 7 heteroatoms. The lowest BCUT2D eigenvalue weighted by Crippen LogP contribution is -2.46. The maximum Gasteiger partial charge on any atom is 0.315 e. The van der Waals surface area contributed by atoms with Crippen molar-refractivity contribution < 1.29 is 9.59 Å². The van der Waals surface area contributed by atoms with Gasteiger partial charge in [0, 0.05) is 38.1 Å². The van der Waals surface area contributed by atoms with Gasteiger partial charge in [0.25, 0.3) is 0 Å². The summed E-state index contributed by atoms with van der Waals surface area (Å²) in [6, 6.07) is 11.7. The molecule has 3 amide bonds. The fraction of sp³-hybridized carbons (Fsp3) is 0.278. The van der Waals surface area contributed by atoms with Crippen LogP contribution in [0.1, 0.15) is 12.5 Å². The molecule has 0 aliphatic rings. The summed E-state index contributed by atoms with van der Waals surface area (Å²) in [5, 5.41) is 8.12. The number of anilines is 2. The van der Waals surface area contributed by atoms with Crippen LogP contribution in [0.4, 0.5) is 16.3 Å². The standard InChI is InChI=1S/C18H23N5O2/c1-13(17(24)22-15-9-5-4-6-10-15)21-18(25)20-12-14-8-7-11-19-16(14)23(2)3/h4-11,13H,12H2,1-3H3,(H,22,24)(H2,20,21,25)/t13-/m0/s1. The Bertz CT molecular complexity index is 718. The van der Waals surface area contributed by atoms with Crippen molar-refractivity contribution in [3.05, 3.63) is 54.2 Å². The number of nitrogens with one attached hydrogen (secondary N) is 3. The first-order valence-corrected chi connectivity index (χ1v) is 7.99. The Morgan fingerprint density at radius 3 is 2.52 bits per heavy atom. The van der Waals surface area contributed by atoms with Crippen molar-refractivity contribution in [2.75, 3.05) is 24.3 Å². The quantitative estimate of drug-likeness (QED) is 0.750. The fourth-order valence-electron chi connectivity index (χ4n) is 2.23. The molecule has 0 saturated heterocycles. The summed E-state index contributed by atoms with van der Waals surface area (Å²) in [6.45, 7) is 1.95. The molecule has 132 valence electrons. The fourth-order valence-corrected chi connectivity index (χ4v) is 2.23. The number of hydrogen-bond donors (Lipinski definition) is 3. The second-order valence-electron chi connectivity index (χ2n) is 5.78. The van der Waals surface area contributed by atoms with Crippen LogP contribution in [0.5, 0.6) is 0 Å². The van der Waals surface area contributed by atoms with Gasteiger partial charge in [0.15, 0.2) is 0 Å². The smallest absolute Gasteiger partial charge is 0.315 e. The third-order valence-corrected chi connectivity index (χ3v) is 3.51. The van der Waals surface area contributed by atoms with E-state index in [1.165, 1.54) is 0 Å². The first kappa shape index (κ1) is 18.3. The Kier molecular flexibility index (Phi) is 6.33. The lowest BCUT2D eigenvalue weighted by Gasteiger charge is -2.17. The molecule has 0 saturated carbocycles. The number of para-hydroxylation sites is 1. The van der Waals surface area contributed by atoms with Gasteiger partial charge in [0.2, 0.25) is 5.91 Å². The van der Waals surface area contributed by atoms with E-state index < -0.39 is 12.1 Å². The number of nitrogens with zero attached hydrogens (tertiary/aromatic N) is 2. The second kappa shape index (κ2) is 8.68. The zero-order chi connectivity index (χ0) is 18.2. The highest BCUT2D eigenvalue weighted by Gasteiger charge is 2.16. The number of aromatic nitrogens is 1. The highest BCUT2D eigenvalue weighted by molar-refractivity contribution is 5.96. The van der Waals surface area contributed by atoms with Crippen LogP contribution >= 0.6 is 0 Å². The number of carbonyl (C=O) groups is 2. The van der Waals surface area contributed by atoms with Crippen molar-refractivity contribution in [1.82, 2.24) is 15.6 Å². The van der Waals surface area contributed by atoms with Gasteiger partial charge in [0.05, 0.1) is 0 Å². The normalized spacial score (nSPS) is 11.3. The van der Waals surface area contributed by atoms with Crippen molar-refractivity contribution in [3.8, 4) is 0 Å². The van der Waals surface area contributed by atoms with Crippen LogP contribution < -0.4 is 20.9 Å². The van der Waals surface area contributed by atoms with E-state index >= 15 is 0 Å². The van der Waals surface area contributed by atoms with Crippen molar-refractivity contribution in [2.45, 2.75) is 19.5 Å². The van der Waals surface area contributed by atoms with Gasteiger partial charge in [-0.05, 0) is 25.1 Å². The van der Waals surface area contributed by atoms with E-state index in [9.17, 15) is 9.59 Å². The molecular formula is C18H23N5O2. The zero-order valence-electron chi connectivity index (χ0n) is 14.6. The predicted octanol–water partition coefficient (Wildman–Crippen LogP) is 1.97. The summed E-state index contributed by atoms with van der Waals surface area (Å²) >= 11 is 0. The molecule has 25 heavy (non-hydrogen) atoms. The lowest BCUT2D eigenvalue weighted by atomic mass is 10.2. The summed E-state index contributed by atoms with van der Waals surface area (Å²) < 4.78 is 0. The molecule has 2 aromatic rings. The average Bonchev–Trinajstić information content (AvgIpc) is 2.61. The number of amides is 3. The molecule has 1 aromatic carbocycles. The molecule has 1 heterocycles. The molecule has 0 spiro atoms. The van der Waals surface area contributed by atoms with Gasteiger partial charge in [-0.3, -0.25) is 4.79 Å². The molecule has 7 nitrogen and oxygen atoms in total. The number of pyridine rings is 1. The van der Waals surface area contributed by atoms with Gasteiger partial charge >= 0.3 is 6.03 Å². The molecule has 0 aliphatic heterocycles. The third-order valence-electron chi connectivity index (χ3n) is 3.51. The van der Waals surface area contributed by atoms with E-state index in [0.29, 0.717) is 12.2 Å². The van der Waals surface area contributed by atoms with E-state index in [2.05, 4.69) is 20.9 Å². The van der Waals surface area contributed by atoms with E-state index in [0.717, 1.165) is 11.4 Å². The Hall–Kier alpha value is -3.09. The molecule has 1 atom stereocenters. The summed E-state index contributed by atoms with van der Waals surface area (Å²) in [7, 11) is 3.78. The molecule has 1 aromatic heterocycles. The molecular weight excluding hydrogens is 318 g/mol. The summed E-state index contributed by atoms with van der Waals surface area (Å²) in [5.41, 5.74) is 1.58. The minimum atomic E-state index is -0.664. The molecule has 0 radical (unpaired) electrons. The lowest BCUT2D eigenvalue weighted by molar-refractivity contribution is -0.117. The largest absolute Gasteiger partial charge is 0.362 e. The first-order valence-electron chi connectivity index (χ1n) is 7.99. The molecule has 0 fully saturated rings. The van der Waals surface area contributed by atoms with E-state index in [-0.39, 0.29) is 5.91 Å². The van der Waals surface area contributed by atoms with Gasteiger partial charge in [-0.25, -0.2) is 9.78 Å². The highest BCUT2D eigenvalue weighted by atomic mass is 16.2. The van der Waals surface area contributed by atoms with Crippen molar-refractivity contribution in [3.63, 3.8) is 0 Å². The monoisotopic (exact) mass is 341 g/mol. The Morgan fingerprint density at radius 2 is 1.84 bits per heavy atom. The Morgan fingerprint density at radius 1 is 1.12 bits per heavy atom. The topological polar surface area (TPSA) is 86.4 Å². The van der Waals surface area contributed by atoms with E-state index in [4.69, 9.17) is 0 Å². The highest BCUT2D eigenvalue weighted by Crippen LogP contribution is 2.13. The number of rotatable bonds is 6. The van der Waals surface area contributed by atoms with Crippen LogP contribution in [0.3, 0.4) is 0 Å². The van der Waals surface area contributed by atoms with Crippen LogP contribution in [-0.2, 0) is 11.3 Å². The first-order chi connectivity index (χ1) is 12.0. The van der Waals surface area contributed by atoms with Crippen molar-refractivity contribution in [1.29, 1.82) is 0 Å². The minimum absolute atomic E-state index is 0.281. The van der Waals surface area contributed by atoms with Gasteiger partial charge < -0.3 is 20.9 Å². The van der Waals surface area contributed by atoms with E-state index in [1.807, 2.05) is 49.3 Å². The van der Waals surface area contributed by atoms with Crippen LogP contribution in [0.25, 0.3) is 0 Å². The maximum atomic E-state index is 12.1. The minimum Gasteiger partial charge on any atom is -0.362 e. The summed E-state index contributed by atoms with van der Waals surface area (Å²) in [6.07, 6.45) is 1.70. The Balaban J connectivity index is 1.84. The van der Waals surface area contributed by atoms with Crippen molar-refractivity contribution >= 4 is 23.4 Å². The maximum absolute atomic E-state index is 12.1. The average molecular weight is 341 g/mol. The van der Waals surface area contributed by atoms with Crippen LogP contribution in [0, 0.1) is 0 Å². The van der Waals surface area contributed by atoms with E-state index in [1.54, 1.807) is 25.3 Å². The number of hydrogen-bond acceptors (Lipinski definition) is 4. The SMILES string of the molecule is C[C@H](NC(=O)NCc1cccnc1N(C)C)C(=O)Nc1ccccc1. The number of benzene rings is 1. The molecule has 3 N–H and O–H groups in total. The molecule has 0 bridgehead atoms. The van der Waals surface area contributed by atoms with Crippen LogP contribution in [0.2, 0.25) is 0 Å². The van der Waals surface area contributed by atoms with Crippen LogP contribution in [0.15, 0.2) is 48.7 Å². The predicted molar refractivity (Wildman–Crippen MR) is 98.5 cm³/mol. The number of urea groups is 1. The third kappa shape index (κ3) is 5.49. The molecule has 2 rings (SSSR count). The second-order valence-corrected chi connectivity index (χ2v) is 5.78.